The van der Waals surface area contributed by atoms with Crippen LogP contribution in [0, 0.1) is 0 Å². The molecule has 31 heavy (non-hydrogen) atoms. The maximum Gasteiger partial charge on any atom is 0.212 e. The fourth-order valence-electron chi connectivity index (χ4n) is 3.41. The summed E-state index contributed by atoms with van der Waals surface area (Å²) in [5.74, 6) is 2.59. The zero-order valence-electron chi connectivity index (χ0n) is 19.6. The number of ether oxygens (including phenoxy) is 4. The lowest BCUT2D eigenvalue weighted by Crippen LogP contribution is -2.04. The molecule has 0 aliphatic rings. The number of thioether (sulfide) groups is 1. The third kappa shape index (κ3) is 5.76. The van der Waals surface area contributed by atoms with Gasteiger partial charge in [-0.15, -0.1) is 0 Å². The monoisotopic (exact) mass is 444 g/mol. The van der Waals surface area contributed by atoms with Crippen LogP contribution in [-0.4, -0.2) is 33.6 Å². The number of carbonyl (C=O) groups is 1. The topological polar surface area (TPSA) is 54.0 Å². The SMILES string of the molecule is COc1ccc(OC)c2c(OC)c(C(CC=C(C)C)SC(=O)C=C(C)C)cc(OC)c12. The highest BCUT2D eigenvalue weighted by atomic mass is 32.2. The average molecular weight is 445 g/mol. The van der Waals surface area contributed by atoms with Crippen LogP contribution < -0.4 is 18.9 Å². The Labute approximate surface area is 189 Å². The van der Waals surface area contributed by atoms with Crippen LogP contribution in [0.3, 0.4) is 0 Å². The molecule has 1 unspecified atom stereocenters. The Bertz CT molecular complexity index is 999. The molecule has 168 valence electrons. The van der Waals surface area contributed by atoms with Gasteiger partial charge in [0.2, 0.25) is 5.12 Å². The third-order valence-corrected chi connectivity index (χ3v) is 5.85. The van der Waals surface area contributed by atoms with Gasteiger partial charge in [-0.2, -0.15) is 0 Å². The van der Waals surface area contributed by atoms with Crippen LogP contribution in [0.4, 0.5) is 0 Å². The molecule has 0 fully saturated rings. The summed E-state index contributed by atoms with van der Waals surface area (Å²) in [6.45, 7) is 7.93. The molecular formula is C25H32O5S. The Kier molecular flexibility index (Phi) is 8.87. The first kappa shape index (κ1) is 24.7. The fraction of sp³-hybridized carbons (Fsp3) is 0.400. The van der Waals surface area contributed by atoms with Crippen LogP contribution in [0.15, 0.2) is 41.5 Å². The summed E-state index contributed by atoms with van der Waals surface area (Å²) in [6.07, 6.45) is 4.47. The smallest absolute Gasteiger partial charge is 0.212 e. The van der Waals surface area contributed by atoms with E-state index >= 15 is 0 Å². The lowest BCUT2D eigenvalue weighted by Gasteiger charge is -2.23. The molecule has 0 amide bonds. The normalized spacial score (nSPS) is 11.5. The molecule has 1 atom stereocenters. The predicted molar refractivity (Wildman–Crippen MR) is 129 cm³/mol. The van der Waals surface area contributed by atoms with Gasteiger partial charge in [-0.05, 0) is 58.4 Å². The van der Waals surface area contributed by atoms with Crippen LogP contribution in [-0.2, 0) is 4.79 Å². The van der Waals surface area contributed by atoms with Crippen LogP contribution >= 0.6 is 11.8 Å². The van der Waals surface area contributed by atoms with E-state index < -0.39 is 0 Å². The van der Waals surface area contributed by atoms with Gasteiger partial charge in [-0.3, -0.25) is 4.79 Å². The molecular weight excluding hydrogens is 412 g/mol. The Balaban J connectivity index is 2.83. The van der Waals surface area contributed by atoms with E-state index in [2.05, 4.69) is 6.08 Å². The van der Waals surface area contributed by atoms with E-state index in [1.54, 1.807) is 34.5 Å². The zero-order chi connectivity index (χ0) is 23.1. The summed E-state index contributed by atoms with van der Waals surface area (Å²) < 4.78 is 22.9. The first-order valence-electron chi connectivity index (χ1n) is 10.1. The molecule has 0 spiro atoms. The van der Waals surface area contributed by atoms with E-state index in [-0.39, 0.29) is 10.4 Å². The van der Waals surface area contributed by atoms with Crippen molar-refractivity contribution in [3.05, 3.63) is 47.1 Å². The zero-order valence-corrected chi connectivity index (χ0v) is 20.4. The van der Waals surface area contributed by atoms with Crippen molar-refractivity contribution in [2.75, 3.05) is 28.4 Å². The molecule has 0 aliphatic carbocycles. The summed E-state index contributed by atoms with van der Waals surface area (Å²) in [5, 5.41) is 1.37. The Hall–Kier alpha value is -2.60. The molecule has 0 aromatic heterocycles. The number of allylic oxidation sites excluding steroid dienone is 3. The van der Waals surface area contributed by atoms with Crippen LogP contribution in [0.2, 0.25) is 0 Å². The van der Waals surface area contributed by atoms with Crippen molar-refractivity contribution >= 4 is 27.6 Å². The van der Waals surface area contributed by atoms with Crippen molar-refractivity contribution in [1.82, 2.24) is 0 Å². The minimum atomic E-state index is -0.165. The van der Waals surface area contributed by atoms with E-state index in [1.165, 1.54) is 17.3 Å². The Morgan fingerprint density at radius 3 is 1.94 bits per heavy atom. The van der Waals surface area contributed by atoms with Gasteiger partial charge in [-0.25, -0.2) is 0 Å². The van der Waals surface area contributed by atoms with Crippen molar-refractivity contribution < 1.29 is 23.7 Å². The highest BCUT2D eigenvalue weighted by Gasteiger charge is 2.26. The second kappa shape index (κ2) is 11.1. The second-order valence-corrected chi connectivity index (χ2v) is 8.79. The molecule has 0 saturated carbocycles. The minimum Gasteiger partial charge on any atom is -0.496 e. The van der Waals surface area contributed by atoms with E-state index in [0.29, 0.717) is 29.4 Å². The molecule has 0 bridgehead atoms. The Morgan fingerprint density at radius 1 is 0.871 bits per heavy atom. The predicted octanol–water partition coefficient (Wildman–Crippen LogP) is 6.50. The molecule has 0 aliphatic heterocycles. The van der Waals surface area contributed by atoms with Gasteiger partial charge < -0.3 is 18.9 Å². The van der Waals surface area contributed by atoms with Crippen LogP contribution in [0.25, 0.3) is 10.8 Å². The van der Waals surface area contributed by atoms with Crippen molar-refractivity contribution in [2.24, 2.45) is 0 Å². The molecule has 6 heteroatoms. The molecule has 5 nitrogen and oxygen atoms in total. The number of hydrogen-bond donors (Lipinski definition) is 0. The van der Waals surface area contributed by atoms with Crippen molar-refractivity contribution in [1.29, 1.82) is 0 Å². The first-order valence-corrected chi connectivity index (χ1v) is 10.9. The number of benzene rings is 2. The molecule has 0 heterocycles. The summed E-state index contributed by atoms with van der Waals surface area (Å²) in [5.41, 5.74) is 3.02. The largest absolute Gasteiger partial charge is 0.496 e. The summed E-state index contributed by atoms with van der Waals surface area (Å²) in [6, 6.07) is 5.63. The second-order valence-electron chi connectivity index (χ2n) is 7.59. The quantitative estimate of drug-likeness (QED) is 0.325. The van der Waals surface area contributed by atoms with Crippen LogP contribution in [0.1, 0.15) is 44.9 Å². The van der Waals surface area contributed by atoms with E-state index in [4.69, 9.17) is 18.9 Å². The van der Waals surface area contributed by atoms with Gasteiger partial charge in [-0.1, -0.05) is 29.0 Å². The molecule has 2 aromatic rings. The summed E-state index contributed by atoms with van der Waals surface area (Å²) in [4.78, 5) is 12.7. The van der Waals surface area contributed by atoms with Gasteiger partial charge in [0, 0.05) is 10.8 Å². The van der Waals surface area contributed by atoms with E-state index in [1.807, 2.05) is 45.9 Å². The minimum absolute atomic E-state index is 0.00544. The van der Waals surface area contributed by atoms with Crippen molar-refractivity contribution in [3.8, 4) is 23.0 Å². The third-order valence-electron chi connectivity index (χ3n) is 4.77. The van der Waals surface area contributed by atoms with Gasteiger partial charge in [0.1, 0.15) is 23.0 Å². The maximum absolute atomic E-state index is 12.7. The molecule has 0 saturated heterocycles. The van der Waals surface area contributed by atoms with E-state index in [0.717, 1.165) is 21.9 Å². The number of methoxy groups -OCH3 is 4. The van der Waals surface area contributed by atoms with Crippen LogP contribution in [0.5, 0.6) is 23.0 Å². The van der Waals surface area contributed by atoms with Crippen molar-refractivity contribution in [2.45, 2.75) is 39.4 Å². The van der Waals surface area contributed by atoms with E-state index in [9.17, 15) is 4.79 Å². The number of rotatable bonds is 9. The Morgan fingerprint density at radius 2 is 1.45 bits per heavy atom. The highest BCUT2D eigenvalue weighted by molar-refractivity contribution is 8.14. The standard InChI is InChI=1S/C25H32O5S/c1-15(2)9-12-21(31-22(26)13-16(3)4)17-14-20(29-7)23-18(27-5)10-11-19(28-6)24(23)25(17)30-8/h9-11,13-14,21H,12H2,1-8H3. The maximum atomic E-state index is 12.7. The fourth-order valence-corrected chi connectivity index (χ4v) is 4.49. The highest BCUT2D eigenvalue weighted by Crippen LogP contribution is 2.50. The summed E-state index contributed by atoms with van der Waals surface area (Å²) in [7, 11) is 6.49. The lowest BCUT2D eigenvalue weighted by molar-refractivity contribution is -0.107. The lowest BCUT2D eigenvalue weighted by atomic mass is 9.98. The number of fused-ring (bicyclic) bond motifs is 1. The average Bonchev–Trinajstić information content (AvgIpc) is 2.73. The van der Waals surface area contributed by atoms with Gasteiger partial charge in [0.25, 0.3) is 0 Å². The summed E-state index contributed by atoms with van der Waals surface area (Å²) >= 11 is 1.28. The van der Waals surface area contributed by atoms with Gasteiger partial charge in [0.15, 0.2) is 0 Å². The van der Waals surface area contributed by atoms with Crippen molar-refractivity contribution in [3.63, 3.8) is 0 Å². The number of carbonyl (C=O) groups excluding carboxylic acids is 1. The molecule has 2 rings (SSSR count). The number of hydrogen-bond acceptors (Lipinski definition) is 6. The van der Waals surface area contributed by atoms with Gasteiger partial charge >= 0.3 is 0 Å². The molecule has 0 radical (unpaired) electrons. The first-order chi connectivity index (χ1) is 14.8. The van der Waals surface area contributed by atoms with Gasteiger partial charge in [0.05, 0.1) is 39.2 Å². The molecule has 2 aromatic carbocycles. The molecule has 0 N–H and O–H groups in total.